The summed E-state index contributed by atoms with van der Waals surface area (Å²) in [4.78, 5) is 169. The number of methoxy groups -OCH3 is 1. The molecule has 6 aliphatic rings. The number of aliphatic hydroxyl groups excluding tert-OH is 1. The predicted molar refractivity (Wildman–Crippen MR) is 420 cm³/mol. The van der Waals surface area contributed by atoms with Crippen molar-refractivity contribution in [2.75, 3.05) is 94.0 Å². The number of rotatable bonds is 15. The smallest absolute Gasteiger partial charge is 0.246 e. The van der Waals surface area contributed by atoms with Gasteiger partial charge in [0.15, 0.2) is 11.6 Å². The van der Waals surface area contributed by atoms with Crippen LogP contribution in [0.5, 0.6) is 5.75 Å². The van der Waals surface area contributed by atoms with Gasteiger partial charge in [0.25, 0.3) is 0 Å². The van der Waals surface area contributed by atoms with E-state index >= 15 is 33.2 Å². The van der Waals surface area contributed by atoms with Gasteiger partial charge in [-0.2, -0.15) is 0 Å². The van der Waals surface area contributed by atoms with Gasteiger partial charge in [-0.25, -0.2) is 4.39 Å². The van der Waals surface area contributed by atoms with E-state index in [9.17, 15) is 29.1 Å². The molecule has 114 heavy (non-hydrogen) atoms. The Bertz CT molecular complexity index is 4150. The second kappa shape index (κ2) is 42.4. The summed E-state index contributed by atoms with van der Waals surface area (Å²) >= 11 is 0. The van der Waals surface area contributed by atoms with Crippen molar-refractivity contribution in [3.05, 3.63) is 136 Å². The van der Waals surface area contributed by atoms with Gasteiger partial charge < -0.3 is 92.1 Å². The van der Waals surface area contributed by atoms with Gasteiger partial charge in [0.05, 0.1) is 78.5 Å². The molecule has 9 amide bonds. The third-order valence-corrected chi connectivity index (χ3v) is 22.3. The molecule has 0 saturated carbocycles. The molecule has 0 unspecified atom stereocenters. The molecule has 7 heterocycles. The number of ketones is 2. The van der Waals surface area contributed by atoms with E-state index in [2.05, 4.69) is 53.0 Å². The highest BCUT2D eigenvalue weighted by Crippen LogP contribution is 2.35. The van der Waals surface area contributed by atoms with Crippen molar-refractivity contribution in [1.29, 1.82) is 0 Å². The number of quaternary nitrogens is 1. The van der Waals surface area contributed by atoms with Gasteiger partial charge in [0, 0.05) is 107 Å². The van der Waals surface area contributed by atoms with E-state index in [1.807, 2.05) is 39.9 Å². The van der Waals surface area contributed by atoms with Crippen molar-refractivity contribution in [2.45, 2.75) is 210 Å². The van der Waals surface area contributed by atoms with Crippen LogP contribution in [-0.2, 0) is 112 Å². The number of nitrogens with one attached hydrogen (secondary N) is 6. The summed E-state index contributed by atoms with van der Waals surface area (Å²) in [6, 6.07) is 18.3. The van der Waals surface area contributed by atoms with Crippen LogP contribution in [-0.4, -0.2) is 236 Å². The maximum atomic E-state index is 16.3. The van der Waals surface area contributed by atoms with E-state index in [0.29, 0.717) is 130 Å². The molecular formula is C85H115ClFN11O16. The predicted octanol–water partition coefficient (Wildman–Crippen LogP) is 2.42. The highest BCUT2D eigenvalue weighted by molar-refractivity contribution is 6.00. The second-order valence-corrected chi connectivity index (χ2v) is 32.1. The number of halogens is 2. The minimum Gasteiger partial charge on any atom is -1.00 e. The second-order valence-electron chi connectivity index (χ2n) is 32.1. The summed E-state index contributed by atoms with van der Waals surface area (Å²) < 4.78 is 41.7. The highest BCUT2D eigenvalue weighted by Gasteiger charge is 2.49. The van der Waals surface area contributed by atoms with Crippen molar-refractivity contribution in [3.63, 3.8) is 0 Å². The fourth-order valence-corrected chi connectivity index (χ4v) is 15.8. The molecule has 1 aromatic heterocycles. The molecule has 5 aromatic rings. The maximum absolute atomic E-state index is 16.3. The summed E-state index contributed by atoms with van der Waals surface area (Å²) in [6.07, 6.45) is 3.86. The molecule has 2 fully saturated rings. The summed E-state index contributed by atoms with van der Waals surface area (Å²) in [5.41, 5.74) is 3.43. The normalized spacial score (nSPS) is 24.1. The molecule has 6 aliphatic heterocycles. The van der Waals surface area contributed by atoms with Crippen molar-refractivity contribution >= 4 is 75.6 Å². The fraction of sp³-hybridized carbons (Fsp3) is 0.565. The van der Waals surface area contributed by atoms with Crippen LogP contribution in [0.15, 0.2) is 97.2 Å². The number of aromatic nitrogens is 1. The summed E-state index contributed by atoms with van der Waals surface area (Å²) in [7, 11) is 7.67. The van der Waals surface area contributed by atoms with Crippen molar-refractivity contribution < 1.29 is 98.1 Å². The van der Waals surface area contributed by atoms with Gasteiger partial charge in [0.2, 0.25) is 53.2 Å². The van der Waals surface area contributed by atoms with Gasteiger partial charge in [-0.05, 0) is 148 Å². The lowest BCUT2D eigenvalue weighted by Crippen LogP contribution is -3.00. The Morgan fingerprint density at radius 3 is 2.15 bits per heavy atom. The van der Waals surface area contributed by atoms with Crippen LogP contribution in [0.2, 0.25) is 0 Å². The molecule has 29 heteroatoms. The van der Waals surface area contributed by atoms with E-state index < -0.39 is 132 Å². The molecule has 9 atom stereocenters. The van der Waals surface area contributed by atoms with Crippen LogP contribution in [0.1, 0.15) is 150 Å². The number of hydrogen-bond acceptors (Lipinski definition) is 16. The first-order valence-electron chi connectivity index (χ1n) is 40.2. The van der Waals surface area contributed by atoms with Crippen molar-refractivity contribution in [3.8, 4) is 5.75 Å². The van der Waals surface area contributed by atoms with E-state index in [4.69, 9.17) is 18.9 Å². The molecule has 27 nitrogen and oxygen atoms in total. The SMILES string of the molecule is COc1ccc(C[C@@H]2NC(=O)[C@H]([C@@H](C)O)NC(=O)[C@@H]3[C@@H]4CCN3C(=O)[C@H]3CC(=O)[C@H](Cc5cccc(c5)CNC(=O)CO4)NC(=O)[C@@H](CNC(=O)CCOCCOCC[N+](C)(C)C)NC(=O)CCCCCC(=O)N(CCCCCCn4cc(c5cc(F)ccc54)C3)Cc3ccc(cc3)CCCC(=O)[C@]3(C)CCCN3C2=O)cc1.[Cl-]. The third-order valence-electron chi connectivity index (χ3n) is 22.3. The number of benzene rings is 4. The zero-order chi connectivity index (χ0) is 80.8. The van der Waals surface area contributed by atoms with Gasteiger partial charge in [-0.1, -0.05) is 79.9 Å². The zero-order valence-electron chi connectivity index (χ0n) is 66.8. The molecule has 0 radical (unpaired) electrons. The lowest BCUT2D eigenvalue weighted by atomic mass is 9.88. The van der Waals surface area contributed by atoms with Crippen LogP contribution in [0, 0.1) is 11.7 Å². The topological polar surface area (TPSA) is 332 Å². The van der Waals surface area contributed by atoms with Crippen LogP contribution in [0.25, 0.3) is 10.9 Å². The minimum atomic E-state index is -1.81. The number of amides is 9. The standard InChI is InChI=1S/C85H114FN11O16.ClH/c1-56(98)78-81(106)91-68(46-58-27-30-65(110-6)31-28-58)84(109)96-38-16-35-85(96,2)73(100)20-15-17-57-23-25-59(26-24-57)53-94-37-13-8-7-12-36-93-54-63(66-50-64(86)29-32-70(66)93)48-62-49-71(99)67(47-60-18-14-19-61(45-60)51-87-76(103)55-113-72-33-39-95(83(62)108)79(72)82(107)92-78)90-80(105)69(89-75(102)21-10-9-11-22-77(94)104)52-88-74(101)34-41-111-43-44-112-42-40-97(3,4)5;/h14,18-19,23-32,45,50,54,56,62,67-69,72,78-79,98H,7-13,15-17,20-22,33-44,46-49,51-53,55H2,1-6H3,(H5-,87,88,89,90,91,92,101,102,103,105,106,107);1H/t56-,62-,67+,68+,69-,72+,78+,79+,85+;/m1./s1. The Hall–Kier alpha value is -9.19. The lowest BCUT2D eigenvalue weighted by molar-refractivity contribution is -0.870. The molecule has 2 saturated heterocycles. The summed E-state index contributed by atoms with van der Waals surface area (Å²) in [5.74, 6) is -8.17. The number of fused-ring (bicyclic) bond motifs is 16. The van der Waals surface area contributed by atoms with Crippen LogP contribution >= 0.6 is 0 Å². The Morgan fingerprint density at radius 1 is 0.684 bits per heavy atom. The highest BCUT2D eigenvalue weighted by atomic mass is 35.5. The number of aliphatic hydroxyl groups is 1. The average Bonchev–Trinajstić information content (AvgIpc) is 1.62. The Labute approximate surface area is 673 Å². The number of Topliss-reactive ketones (excluding diaryl/α,β-unsaturated/α-hetero) is 2. The third kappa shape index (κ3) is 25.2. The van der Waals surface area contributed by atoms with Crippen LogP contribution in [0.3, 0.4) is 0 Å². The van der Waals surface area contributed by atoms with E-state index in [1.165, 1.54) is 36.0 Å². The molecular weight excluding hydrogens is 1490 g/mol. The van der Waals surface area contributed by atoms with Crippen molar-refractivity contribution in [2.24, 2.45) is 5.92 Å². The number of nitrogens with zero attached hydrogens (tertiary/aromatic N) is 5. The summed E-state index contributed by atoms with van der Waals surface area (Å²) in [6.45, 7) is 5.05. The van der Waals surface area contributed by atoms with Gasteiger partial charge >= 0.3 is 0 Å². The Balaban J connectivity index is 0.0000149. The Morgan fingerprint density at radius 2 is 1.40 bits per heavy atom. The quantitative estimate of drug-likeness (QED) is 0.0585. The first-order valence-corrected chi connectivity index (χ1v) is 40.2. The molecule has 620 valence electrons. The average molecular weight is 1600 g/mol. The van der Waals surface area contributed by atoms with E-state index in [1.54, 1.807) is 61.5 Å². The van der Waals surface area contributed by atoms with Crippen LogP contribution < -0.4 is 49.0 Å². The van der Waals surface area contributed by atoms with Crippen molar-refractivity contribution in [1.82, 2.24) is 51.2 Å². The van der Waals surface area contributed by atoms with Gasteiger partial charge in [0.1, 0.15) is 48.9 Å². The monoisotopic (exact) mass is 1600 g/mol. The minimum absolute atomic E-state index is 0. The largest absolute Gasteiger partial charge is 1.00 e. The number of carbonyl (C=O) groups excluding carboxylic acids is 11. The van der Waals surface area contributed by atoms with Gasteiger partial charge in [-0.15, -0.1) is 0 Å². The molecule has 0 aliphatic carbocycles. The molecule has 11 rings (SSSR count). The van der Waals surface area contributed by atoms with E-state index in [-0.39, 0.29) is 108 Å². The Kier molecular flexibility index (Phi) is 33.0. The first kappa shape index (κ1) is 88.8. The van der Waals surface area contributed by atoms with Gasteiger partial charge in [-0.3, -0.25) is 52.7 Å². The lowest BCUT2D eigenvalue weighted by Gasteiger charge is -2.37. The zero-order valence-corrected chi connectivity index (χ0v) is 67.5. The number of aryl methyl sites for hydroxylation is 2. The molecule has 0 spiro atoms. The number of carbonyl (C=O) groups is 11. The maximum Gasteiger partial charge on any atom is 0.246 e. The number of ether oxygens (including phenoxy) is 4. The molecule has 12 bridgehead atoms. The molecule has 4 aromatic carbocycles. The first-order chi connectivity index (χ1) is 54.2. The molecule has 7 N–H and O–H groups in total. The fourth-order valence-electron chi connectivity index (χ4n) is 15.8. The van der Waals surface area contributed by atoms with E-state index in [0.717, 1.165) is 35.0 Å². The van der Waals surface area contributed by atoms with Crippen LogP contribution in [0.4, 0.5) is 4.39 Å². The number of hydrogen-bond donors (Lipinski definition) is 7. The summed E-state index contributed by atoms with van der Waals surface area (Å²) in [5, 5.41) is 29.0. The number of likely N-dealkylation sites (N-methyl/N-ethyl adjacent to an activating group) is 1.